The van der Waals surface area contributed by atoms with Gasteiger partial charge in [-0.05, 0) is 24.1 Å². The first kappa shape index (κ1) is 20.6. The number of carbonyl (C=O) groups is 2. The van der Waals surface area contributed by atoms with Crippen LogP contribution in [0.25, 0.3) is 11.4 Å². The van der Waals surface area contributed by atoms with Crippen LogP contribution in [0, 0.1) is 0 Å². The maximum absolute atomic E-state index is 12.4. The molecule has 5 N–H and O–H groups in total. The van der Waals surface area contributed by atoms with Gasteiger partial charge >= 0.3 is 12.0 Å². The summed E-state index contributed by atoms with van der Waals surface area (Å²) in [5.74, 6) is -2.54. The van der Waals surface area contributed by atoms with E-state index in [4.69, 9.17) is 5.11 Å². The number of carboxylic acid groups (broad SMARTS) is 1. The van der Waals surface area contributed by atoms with Gasteiger partial charge in [-0.2, -0.15) is 0 Å². The van der Waals surface area contributed by atoms with Crippen LogP contribution in [0.5, 0.6) is 5.75 Å². The summed E-state index contributed by atoms with van der Waals surface area (Å²) in [7, 11) is 0. The van der Waals surface area contributed by atoms with Gasteiger partial charge in [0.2, 0.25) is 5.75 Å². The Labute approximate surface area is 171 Å². The fourth-order valence-corrected chi connectivity index (χ4v) is 2.93. The summed E-state index contributed by atoms with van der Waals surface area (Å²) in [5, 5.41) is 24.3. The van der Waals surface area contributed by atoms with Crippen molar-refractivity contribution in [1.29, 1.82) is 0 Å². The van der Waals surface area contributed by atoms with E-state index in [0.717, 1.165) is 5.56 Å². The molecule has 0 saturated carbocycles. The Hall–Kier alpha value is -4.14. The number of amides is 2. The van der Waals surface area contributed by atoms with Gasteiger partial charge in [0.05, 0.1) is 6.04 Å². The van der Waals surface area contributed by atoms with Crippen LogP contribution in [0.1, 0.15) is 35.4 Å². The Morgan fingerprint density at radius 3 is 2.53 bits per heavy atom. The number of carbonyl (C=O) groups excluding carboxylic acids is 1. The van der Waals surface area contributed by atoms with Gasteiger partial charge in [0.15, 0.2) is 5.69 Å². The minimum Gasteiger partial charge on any atom is -0.501 e. The van der Waals surface area contributed by atoms with E-state index in [1.807, 2.05) is 37.3 Å². The highest BCUT2D eigenvalue weighted by molar-refractivity contribution is 5.91. The molecule has 1 atom stereocenters. The lowest BCUT2D eigenvalue weighted by atomic mass is 10.1. The highest BCUT2D eigenvalue weighted by Crippen LogP contribution is 2.21. The van der Waals surface area contributed by atoms with E-state index in [0.29, 0.717) is 17.7 Å². The zero-order valence-corrected chi connectivity index (χ0v) is 16.0. The normalized spacial score (nSPS) is 11.5. The van der Waals surface area contributed by atoms with E-state index < -0.39 is 29.0 Å². The molecule has 0 aliphatic heterocycles. The third kappa shape index (κ3) is 4.64. The maximum Gasteiger partial charge on any atom is 0.358 e. The SMILES string of the molecule is CCC(NC(=O)Nc1cccc(-c2nc(C(=O)O)c(O)c(=O)[nH]2)c1)c1ccccc1. The summed E-state index contributed by atoms with van der Waals surface area (Å²) in [6.07, 6.45) is 0.702. The molecule has 0 aliphatic rings. The molecule has 3 rings (SSSR count). The highest BCUT2D eigenvalue weighted by atomic mass is 16.4. The summed E-state index contributed by atoms with van der Waals surface area (Å²) in [4.78, 5) is 41.5. The number of rotatable bonds is 6. The van der Waals surface area contributed by atoms with Crippen molar-refractivity contribution >= 4 is 17.7 Å². The van der Waals surface area contributed by atoms with Crippen LogP contribution in [-0.4, -0.2) is 32.2 Å². The van der Waals surface area contributed by atoms with Gasteiger partial charge in [0.25, 0.3) is 5.56 Å². The fourth-order valence-electron chi connectivity index (χ4n) is 2.93. The number of aromatic hydroxyl groups is 1. The molecule has 0 fully saturated rings. The maximum atomic E-state index is 12.4. The lowest BCUT2D eigenvalue weighted by Crippen LogP contribution is -2.32. The summed E-state index contributed by atoms with van der Waals surface area (Å²) in [5.41, 5.74) is 0.0413. The summed E-state index contributed by atoms with van der Waals surface area (Å²) in [6.45, 7) is 1.96. The van der Waals surface area contributed by atoms with Crippen molar-refractivity contribution in [3.05, 3.63) is 76.2 Å². The summed E-state index contributed by atoms with van der Waals surface area (Å²) in [6, 6.07) is 15.4. The van der Waals surface area contributed by atoms with Gasteiger partial charge in [-0.25, -0.2) is 14.6 Å². The number of carboxylic acids is 1. The standard InChI is InChI=1S/C21H20N4O5/c1-2-15(12-7-4-3-5-8-12)23-21(30)22-14-10-6-9-13(11-14)18-24-16(20(28)29)17(26)19(27)25-18/h3-11,15,26H,2H2,1H3,(H,28,29)(H2,22,23,30)(H,24,25,27). The highest BCUT2D eigenvalue weighted by Gasteiger charge is 2.18. The second kappa shape index (κ2) is 8.91. The van der Waals surface area contributed by atoms with Crippen molar-refractivity contribution in [2.45, 2.75) is 19.4 Å². The zero-order valence-electron chi connectivity index (χ0n) is 16.0. The average molecular weight is 408 g/mol. The molecule has 9 heteroatoms. The number of nitrogens with zero attached hydrogens (tertiary/aromatic N) is 1. The number of H-pyrrole nitrogens is 1. The van der Waals surface area contributed by atoms with Crippen LogP contribution in [-0.2, 0) is 0 Å². The number of hydrogen-bond acceptors (Lipinski definition) is 5. The van der Waals surface area contributed by atoms with Crippen molar-refractivity contribution in [3.63, 3.8) is 0 Å². The smallest absolute Gasteiger partial charge is 0.358 e. The third-order valence-corrected chi connectivity index (χ3v) is 4.41. The molecule has 154 valence electrons. The molecule has 0 saturated heterocycles. The Kier molecular flexibility index (Phi) is 6.11. The van der Waals surface area contributed by atoms with Crippen molar-refractivity contribution in [3.8, 4) is 17.1 Å². The summed E-state index contributed by atoms with van der Waals surface area (Å²) >= 11 is 0. The van der Waals surface area contributed by atoms with Gasteiger partial charge in [-0.3, -0.25) is 4.79 Å². The first-order valence-electron chi connectivity index (χ1n) is 9.18. The van der Waals surface area contributed by atoms with E-state index in [9.17, 15) is 19.5 Å². The number of urea groups is 1. The second-order valence-electron chi connectivity index (χ2n) is 6.47. The van der Waals surface area contributed by atoms with Gasteiger partial charge in [-0.15, -0.1) is 0 Å². The van der Waals surface area contributed by atoms with Crippen LogP contribution in [0.15, 0.2) is 59.4 Å². The van der Waals surface area contributed by atoms with E-state index >= 15 is 0 Å². The minimum atomic E-state index is -1.53. The van der Waals surface area contributed by atoms with Crippen LogP contribution in [0.2, 0.25) is 0 Å². The number of benzene rings is 2. The number of anilines is 1. The number of aromatic carboxylic acids is 1. The van der Waals surface area contributed by atoms with Crippen molar-refractivity contribution in [2.24, 2.45) is 0 Å². The lowest BCUT2D eigenvalue weighted by Gasteiger charge is -2.18. The molecule has 0 aliphatic carbocycles. The molecule has 1 heterocycles. The number of hydrogen-bond donors (Lipinski definition) is 5. The average Bonchev–Trinajstić information content (AvgIpc) is 2.74. The van der Waals surface area contributed by atoms with Gasteiger partial charge in [-0.1, -0.05) is 49.4 Å². The Balaban J connectivity index is 1.80. The topological polar surface area (TPSA) is 144 Å². The number of nitrogens with one attached hydrogen (secondary N) is 3. The molecule has 0 radical (unpaired) electrons. The first-order chi connectivity index (χ1) is 14.4. The monoisotopic (exact) mass is 408 g/mol. The van der Waals surface area contributed by atoms with E-state index in [1.165, 1.54) is 6.07 Å². The van der Waals surface area contributed by atoms with E-state index in [-0.39, 0.29) is 11.9 Å². The molecule has 1 unspecified atom stereocenters. The quantitative estimate of drug-likeness (QED) is 0.424. The second-order valence-corrected chi connectivity index (χ2v) is 6.47. The number of aromatic nitrogens is 2. The van der Waals surface area contributed by atoms with Crippen molar-refractivity contribution in [1.82, 2.24) is 15.3 Å². The van der Waals surface area contributed by atoms with Crippen LogP contribution >= 0.6 is 0 Å². The van der Waals surface area contributed by atoms with Gasteiger partial charge in [0, 0.05) is 11.3 Å². The van der Waals surface area contributed by atoms with Gasteiger partial charge in [0.1, 0.15) is 5.82 Å². The lowest BCUT2D eigenvalue weighted by molar-refractivity contribution is 0.0686. The molecule has 0 bridgehead atoms. The predicted molar refractivity (Wildman–Crippen MR) is 111 cm³/mol. The summed E-state index contributed by atoms with van der Waals surface area (Å²) < 4.78 is 0. The molecule has 1 aromatic heterocycles. The third-order valence-electron chi connectivity index (χ3n) is 4.41. The van der Waals surface area contributed by atoms with Crippen LogP contribution in [0.3, 0.4) is 0 Å². The molecular formula is C21H20N4O5. The first-order valence-corrected chi connectivity index (χ1v) is 9.18. The molecule has 2 amide bonds. The molecule has 9 nitrogen and oxygen atoms in total. The van der Waals surface area contributed by atoms with Crippen molar-refractivity contribution < 1.29 is 19.8 Å². The minimum absolute atomic E-state index is 0.0463. The molecular weight excluding hydrogens is 388 g/mol. The Morgan fingerprint density at radius 1 is 1.13 bits per heavy atom. The Morgan fingerprint density at radius 2 is 1.87 bits per heavy atom. The number of aromatic amines is 1. The van der Waals surface area contributed by atoms with Gasteiger partial charge < -0.3 is 25.8 Å². The molecule has 2 aromatic carbocycles. The zero-order chi connectivity index (χ0) is 21.7. The van der Waals surface area contributed by atoms with Crippen molar-refractivity contribution in [2.75, 3.05) is 5.32 Å². The van der Waals surface area contributed by atoms with Crippen LogP contribution < -0.4 is 16.2 Å². The fraction of sp³-hybridized carbons (Fsp3) is 0.143. The molecule has 0 spiro atoms. The Bertz CT molecular complexity index is 1130. The largest absolute Gasteiger partial charge is 0.501 e. The van der Waals surface area contributed by atoms with Crippen LogP contribution in [0.4, 0.5) is 10.5 Å². The van der Waals surface area contributed by atoms with E-state index in [1.54, 1.807) is 18.2 Å². The molecule has 30 heavy (non-hydrogen) atoms. The van der Waals surface area contributed by atoms with E-state index in [2.05, 4.69) is 20.6 Å². The molecule has 3 aromatic rings. The predicted octanol–water partition coefficient (Wildman–Crippen LogP) is 3.11.